The first-order valence-corrected chi connectivity index (χ1v) is 10.8. The van der Waals surface area contributed by atoms with Crippen LogP contribution in [0.5, 0.6) is 0 Å². The second kappa shape index (κ2) is 13.9. The predicted octanol–water partition coefficient (Wildman–Crippen LogP) is -1.25. The molecule has 5 atom stereocenters. The average Bonchev–Trinajstić information content (AvgIpc) is 2.68. The van der Waals surface area contributed by atoms with Crippen molar-refractivity contribution < 1.29 is 29.1 Å². The van der Waals surface area contributed by atoms with Crippen molar-refractivity contribution in [3.63, 3.8) is 0 Å². The third-order valence-corrected chi connectivity index (χ3v) is 5.08. The van der Waals surface area contributed by atoms with Gasteiger partial charge in [-0.2, -0.15) is 12.6 Å². The molecule has 0 bridgehead atoms. The van der Waals surface area contributed by atoms with Crippen LogP contribution < -0.4 is 27.4 Å². The van der Waals surface area contributed by atoms with Gasteiger partial charge < -0.3 is 32.5 Å². The minimum Gasteiger partial charge on any atom is -0.480 e. The van der Waals surface area contributed by atoms with E-state index < -0.39 is 60.2 Å². The van der Waals surface area contributed by atoms with E-state index in [0.29, 0.717) is 6.42 Å². The number of carbonyl (C=O) groups excluding carboxylic acids is 4. The van der Waals surface area contributed by atoms with Gasteiger partial charge in [0.05, 0.1) is 12.5 Å². The third-order valence-electron chi connectivity index (χ3n) is 4.69. The number of carbonyl (C=O) groups is 5. The Morgan fingerprint density at radius 3 is 1.87 bits per heavy atom. The van der Waals surface area contributed by atoms with Crippen molar-refractivity contribution in [2.75, 3.05) is 5.75 Å². The molecule has 0 aromatic rings. The summed E-state index contributed by atoms with van der Waals surface area (Å²) in [5.41, 5.74) is 10.8. The molecule has 11 nitrogen and oxygen atoms in total. The zero-order valence-corrected chi connectivity index (χ0v) is 19.3. The monoisotopic (exact) mass is 461 g/mol. The van der Waals surface area contributed by atoms with Gasteiger partial charge >= 0.3 is 5.97 Å². The van der Waals surface area contributed by atoms with Crippen LogP contribution in [0.4, 0.5) is 0 Å². The van der Waals surface area contributed by atoms with E-state index in [9.17, 15) is 29.1 Å². The molecule has 0 spiro atoms. The van der Waals surface area contributed by atoms with Crippen LogP contribution in [0.3, 0.4) is 0 Å². The lowest BCUT2D eigenvalue weighted by molar-refractivity contribution is -0.144. The van der Waals surface area contributed by atoms with Crippen LogP contribution in [-0.4, -0.2) is 64.6 Å². The number of nitrogens with two attached hydrogens (primary N) is 2. The molecule has 0 aromatic carbocycles. The fraction of sp³-hybridized carbons (Fsp3) is 0.737. The highest BCUT2D eigenvalue weighted by molar-refractivity contribution is 7.80. The van der Waals surface area contributed by atoms with Crippen LogP contribution in [0, 0.1) is 11.8 Å². The molecule has 5 unspecified atom stereocenters. The van der Waals surface area contributed by atoms with E-state index in [2.05, 4.69) is 28.6 Å². The first-order chi connectivity index (χ1) is 14.3. The molecule has 4 amide bonds. The summed E-state index contributed by atoms with van der Waals surface area (Å²) in [7, 11) is 0. The number of hydrogen-bond donors (Lipinski definition) is 7. The second-order valence-corrected chi connectivity index (χ2v) is 8.29. The summed E-state index contributed by atoms with van der Waals surface area (Å²) in [6.07, 6.45) is 0.188. The summed E-state index contributed by atoms with van der Waals surface area (Å²) in [6, 6.07) is -4.56. The van der Waals surface area contributed by atoms with Crippen molar-refractivity contribution >= 4 is 42.2 Å². The topological polar surface area (TPSA) is 194 Å². The minimum absolute atomic E-state index is 0.00786. The van der Waals surface area contributed by atoms with E-state index in [4.69, 9.17) is 11.5 Å². The first-order valence-electron chi connectivity index (χ1n) is 10.1. The Balaban J connectivity index is 5.54. The van der Waals surface area contributed by atoms with Gasteiger partial charge in [0.25, 0.3) is 0 Å². The number of nitrogens with one attached hydrogen (secondary N) is 3. The smallest absolute Gasteiger partial charge is 0.326 e. The van der Waals surface area contributed by atoms with E-state index in [0.717, 1.165) is 0 Å². The maximum atomic E-state index is 12.8. The summed E-state index contributed by atoms with van der Waals surface area (Å²) >= 11 is 3.95. The highest BCUT2D eigenvalue weighted by Crippen LogP contribution is 2.10. The Kier molecular flexibility index (Phi) is 12.8. The van der Waals surface area contributed by atoms with Crippen LogP contribution in [0.1, 0.15) is 47.0 Å². The van der Waals surface area contributed by atoms with Crippen molar-refractivity contribution in [3.8, 4) is 0 Å². The normalized spacial score (nSPS) is 15.8. The first kappa shape index (κ1) is 28.7. The molecule has 0 saturated carbocycles. The third kappa shape index (κ3) is 10.5. The van der Waals surface area contributed by atoms with Crippen LogP contribution in [-0.2, 0) is 24.0 Å². The van der Waals surface area contributed by atoms with Crippen molar-refractivity contribution in [2.24, 2.45) is 23.3 Å². The summed E-state index contributed by atoms with van der Waals surface area (Å²) in [5.74, 6) is -4.58. The Bertz CT molecular complexity index is 660. The lowest BCUT2D eigenvalue weighted by Crippen LogP contribution is -2.58. The molecule has 0 rings (SSSR count). The molecule has 0 radical (unpaired) electrons. The maximum Gasteiger partial charge on any atom is 0.326 e. The molecule has 0 aliphatic carbocycles. The van der Waals surface area contributed by atoms with E-state index in [1.54, 1.807) is 13.8 Å². The van der Waals surface area contributed by atoms with Crippen molar-refractivity contribution in [1.29, 1.82) is 0 Å². The summed E-state index contributed by atoms with van der Waals surface area (Å²) in [4.78, 5) is 60.5. The molecule has 0 heterocycles. The van der Waals surface area contributed by atoms with Gasteiger partial charge in [0.1, 0.15) is 18.1 Å². The average molecular weight is 462 g/mol. The van der Waals surface area contributed by atoms with Gasteiger partial charge in [-0.3, -0.25) is 19.2 Å². The quantitative estimate of drug-likeness (QED) is 0.157. The lowest BCUT2D eigenvalue weighted by atomic mass is 9.98. The van der Waals surface area contributed by atoms with Gasteiger partial charge in [0.15, 0.2) is 0 Å². The van der Waals surface area contributed by atoms with Crippen molar-refractivity contribution in [3.05, 3.63) is 0 Å². The number of hydrogen-bond acceptors (Lipinski definition) is 7. The zero-order valence-electron chi connectivity index (χ0n) is 18.4. The minimum atomic E-state index is -1.40. The van der Waals surface area contributed by atoms with E-state index in [1.807, 2.05) is 13.8 Å². The Morgan fingerprint density at radius 2 is 1.45 bits per heavy atom. The lowest BCUT2D eigenvalue weighted by Gasteiger charge is -2.26. The largest absolute Gasteiger partial charge is 0.480 e. The van der Waals surface area contributed by atoms with Crippen LogP contribution in [0.2, 0.25) is 0 Å². The molecular formula is C19H35N5O6S. The number of carboxylic acids is 1. The molecule has 0 fully saturated rings. The molecule has 8 N–H and O–H groups in total. The molecule has 0 saturated heterocycles. The van der Waals surface area contributed by atoms with Gasteiger partial charge in [-0.05, 0) is 18.3 Å². The highest BCUT2D eigenvalue weighted by atomic mass is 32.1. The molecule has 178 valence electrons. The Hall–Kier alpha value is -2.34. The number of amides is 4. The maximum absolute atomic E-state index is 12.8. The predicted molar refractivity (Wildman–Crippen MR) is 118 cm³/mol. The fourth-order valence-electron chi connectivity index (χ4n) is 2.68. The van der Waals surface area contributed by atoms with Gasteiger partial charge in [-0.25, -0.2) is 4.79 Å². The van der Waals surface area contributed by atoms with Gasteiger partial charge in [-0.1, -0.05) is 34.1 Å². The fourth-order valence-corrected chi connectivity index (χ4v) is 2.85. The summed E-state index contributed by atoms with van der Waals surface area (Å²) in [5, 5.41) is 16.6. The highest BCUT2D eigenvalue weighted by Gasteiger charge is 2.32. The molecule has 12 heteroatoms. The molecule has 0 aliphatic rings. The number of thiol groups is 1. The SMILES string of the molecule is CCC(C)C(NC(=O)C(CC(N)=O)NC(=O)C(CC(C)C)NC(=O)C(N)CS)C(=O)O. The standard InChI is InChI=1S/C19H35N5O6S/c1-5-10(4)15(19(29)30)24-18(28)13(7-14(21)25)23-17(27)12(6-9(2)3)22-16(26)11(20)8-31/h9-13,15,31H,5-8,20H2,1-4H3,(H2,21,25)(H,22,26)(H,23,27)(H,24,28)(H,29,30). The Morgan fingerprint density at radius 1 is 0.935 bits per heavy atom. The van der Waals surface area contributed by atoms with E-state index in [1.165, 1.54) is 0 Å². The van der Waals surface area contributed by atoms with E-state index >= 15 is 0 Å². The Labute approximate surface area is 187 Å². The summed E-state index contributed by atoms with van der Waals surface area (Å²) < 4.78 is 0. The van der Waals surface area contributed by atoms with Gasteiger partial charge in [0, 0.05) is 5.75 Å². The number of rotatable bonds is 14. The second-order valence-electron chi connectivity index (χ2n) is 7.92. The number of carboxylic acid groups (broad SMARTS) is 1. The number of aliphatic carboxylic acids is 1. The van der Waals surface area contributed by atoms with Crippen molar-refractivity contribution in [1.82, 2.24) is 16.0 Å². The van der Waals surface area contributed by atoms with E-state index in [-0.39, 0.29) is 24.0 Å². The van der Waals surface area contributed by atoms with Crippen LogP contribution in [0.15, 0.2) is 0 Å². The molecule has 0 aromatic heterocycles. The van der Waals surface area contributed by atoms with Crippen LogP contribution >= 0.6 is 12.6 Å². The molecule has 0 aliphatic heterocycles. The van der Waals surface area contributed by atoms with Crippen LogP contribution in [0.25, 0.3) is 0 Å². The molecular weight excluding hydrogens is 426 g/mol. The molecule has 31 heavy (non-hydrogen) atoms. The van der Waals surface area contributed by atoms with Crippen molar-refractivity contribution in [2.45, 2.75) is 71.1 Å². The zero-order chi connectivity index (χ0) is 24.3. The summed E-state index contributed by atoms with van der Waals surface area (Å²) in [6.45, 7) is 7.09. The van der Waals surface area contributed by atoms with Gasteiger partial charge in [0.2, 0.25) is 23.6 Å². The van der Waals surface area contributed by atoms with Gasteiger partial charge in [-0.15, -0.1) is 0 Å². The number of primary amides is 1.